The SMILES string of the molecule is CN(C)CCN(C)C(=O)c1cccc(OC2CCN(Cc3ccccc3O)CC2)c1. The second-order valence-corrected chi connectivity index (χ2v) is 8.28. The number of likely N-dealkylation sites (tertiary alicyclic amines) is 1. The fourth-order valence-electron chi connectivity index (χ4n) is 3.64. The molecule has 0 aliphatic carbocycles. The Hall–Kier alpha value is -2.57. The van der Waals surface area contributed by atoms with Crippen molar-refractivity contribution in [2.45, 2.75) is 25.5 Å². The smallest absolute Gasteiger partial charge is 0.253 e. The molecule has 0 unspecified atom stereocenters. The van der Waals surface area contributed by atoms with Crippen molar-refractivity contribution >= 4 is 5.91 Å². The Labute approximate surface area is 179 Å². The van der Waals surface area contributed by atoms with E-state index in [1.165, 1.54) is 0 Å². The van der Waals surface area contributed by atoms with Gasteiger partial charge in [-0.05, 0) is 51.2 Å². The minimum Gasteiger partial charge on any atom is -0.508 e. The summed E-state index contributed by atoms with van der Waals surface area (Å²) in [4.78, 5) is 18.8. The lowest BCUT2D eigenvalue weighted by Gasteiger charge is -2.32. The summed E-state index contributed by atoms with van der Waals surface area (Å²) in [5.74, 6) is 1.12. The van der Waals surface area contributed by atoms with Crippen LogP contribution >= 0.6 is 0 Å². The summed E-state index contributed by atoms with van der Waals surface area (Å²) in [6, 6.07) is 15.0. The molecule has 1 aliphatic heterocycles. The van der Waals surface area contributed by atoms with Gasteiger partial charge < -0.3 is 19.6 Å². The number of phenols is 1. The number of amides is 1. The highest BCUT2D eigenvalue weighted by atomic mass is 16.5. The van der Waals surface area contributed by atoms with Crippen LogP contribution < -0.4 is 4.74 Å². The quantitative estimate of drug-likeness (QED) is 0.724. The van der Waals surface area contributed by atoms with E-state index in [0.717, 1.165) is 50.3 Å². The highest BCUT2D eigenvalue weighted by molar-refractivity contribution is 5.94. The van der Waals surface area contributed by atoms with Crippen molar-refractivity contribution in [3.8, 4) is 11.5 Å². The molecular weight excluding hydrogens is 378 g/mol. The summed E-state index contributed by atoms with van der Waals surface area (Å²) in [5, 5.41) is 9.97. The summed E-state index contributed by atoms with van der Waals surface area (Å²) < 4.78 is 6.19. The number of piperidine rings is 1. The van der Waals surface area contributed by atoms with Crippen molar-refractivity contribution in [3.63, 3.8) is 0 Å². The number of aromatic hydroxyl groups is 1. The zero-order chi connectivity index (χ0) is 21.5. The maximum absolute atomic E-state index is 12.7. The molecule has 0 bridgehead atoms. The number of phenolic OH excluding ortho intramolecular Hbond substituents is 1. The van der Waals surface area contributed by atoms with Crippen molar-refractivity contribution in [3.05, 3.63) is 59.7 Å². The number of hydrogen-bond acceptors (Lipinski definition) is 5. The Morgan fingerprint density at radius 3 is 2.50 bits per heavy atom. The van der Waals surface area contributed by atoms with Crippen LogP contribution in [0.25, 0.3) is 0 Å². The minimum atomic E-state index is 0.0137. The van der Waals surface area contributed by atoms with E-state index in [2.05, 4.69) is 9.80 Å². The predicted molar refractivity (Wildman–Crippen MR) is 119 cm³/mol. The third-order valence-corrected chi connectivity index (χ3v) is 5.53. The van der Waals surface area contributed by atoms with Crippen LogP contribution in [0.1, 0.15) is 28.8 Å². The minimum absolute atomic E-state index is 0.0137. The molecule has 1 saturated heterocycles. The van der Waals surface area contributed by atoms with Crippen LogP contribution in [0.4, 0.5) is 0 Å². The fourth-order valence-corrected chi connectivity index (χ4v) is 3.64. The van der Waals surface area contributed by atoms with Gasteiger partial charge in [0.15, 0.2) is 0 Å². The van der Waals surface area contributed by atoms with Gasteiger partial charge in [0, 0.05) is 50.9 Å². The van der Waals surface area contributed by atoms with E-state index in [9.17, 15) is 9.90 Å². The fraction of sp³-hybridized carbons (Fsp3) is 0.458. The maximum atomic E-state index is 12.7. The molecule has 2 aromatic carbocycles. The monoisotopic (exact) mass is 411 g/mol. The van der Waals surface area contributed by atoms with Crippen molar-refractivity contribution < 1.29 is 14.6 Å². The summed E-state index contributed by atoms with van der Waals surface area (Å²) in [6.07, 6.45) is 1.99. The number of carbonyl (C=O) groups is 1. The number of para-hydroxylation sites is 1. The summed E-state index contributed by atoms with van der Waals surface area (Å²) in [7, 11) is 5.83. The van der Waals surface area contributed by atoms with Gasteiger partial charge in [0.25, 0.3) is 5.91 Å². The Kier molecular flexibility index (Phi) is 7.71. The molecule has 6 heteroatoms. The molecule has 0 saturated carbocycles. The van der Waals surface area contributed by atoms with Crippen LogP contribution in [-0.2, 0) is 6.54 Å². The highest BCUT2D eigenvalue weighted by Crippen LogP contribution is 2.23. The average Bonchev–Trinajstić information content (AvgIpc) is 2.74. The first-order valence-electron chi connectivity index (χ1n) is 10.6. The largest absolute Gasteiger partial charge is 0.508 e. The zero-order valence-corrected chi connectivity index (χ0v) is 18.3. The van der Waals surface area contributed by atoms with E-state index in [4.69, 9.17) is 4.74 Å². The first-order valence-corrected chi connectivity index (χ1v) is 10.6. The molecule has 6 nitrogen and oxygen atoms in total. The average molecular weight is 412 g/mol. The molecule has 2 aromatic rings. The number of ether oxygens (including phenoxy) is 1. The van der Waals surface area contributed by atoms with Crippen molar-refractivity contribution in [2.24, 2.45) is 0 Å². The molecular formula is C24H33N3O3. The van der Waals surface area contributed by atoms with E-state index in [-0.39, 0.29) is 12.0 Å². The van der Waals surface area contributed by atoms with Gasteiger partial charge in [-0.2, -0.15) is 0 Å². The van der Waals surface area contributed by atoms with E-state index in [0.29, 0.717) is 17.9 Å². The van der Waals surface area contributed by atoms with E-state index in [1.807, 2.05) is 63.6 Å². The van der Waals surface area contributed by atoms with Gasteiger partial charge in [-0.1, -0.05) is 24.3 Å². The molecule has 1 fully saturated rings. The lowest BCUT2D eigenvalue weighted by atomic mass is 10.1. The van der Waals surface area contributed by atoms with Gasteiger partial charge in [-0.3, -0.25) is 9.69 Å². The molecule has 1 aliphatic rings. The maximum Gasteiger partial charge on any atom is 0.253 e. The van der Waals surface area contributed by atoms with Crippen LogP contribution in [0, 0.1) is 0 Å². The van der Waals surface area contributed by atoms with Crippen molar-refractivity contribution in [1.29, 1.82) is 0 Å². The van der Waals surface area contributed by atoms with Crippen LogP contribution in [-0.4, -0.2) is 79.1 Å². The van der Waals surface area contributed by atoms with Gasteiger partial charge >= 0.3 is 0 Å². The molecule has 0 aromatic heterocycles. The Morgan fingerprint density at radius 2 is 1.80 bits per heavy atom. The number of nitrogens with zero attached hydrogens (tertiary/aromatic N) is 3. The number of likely N-dealkylation sites (N-methyl/N-ethyl adjacent to an activating group) is 2. The van der Waals surface area contributed by atoms with Gasteiger partial charge in [0.1, 0.15) is 17.6 Å². The van der Waals surface area contributed by atoms with Gasteiger partial charge in [-0.25, -0.2) is 0 Å². The Bertz CT molecular complexity index is 832. The molecule has 3 rings (SSSR count). The zero-order valence-electron chi connectivity index (χ0n) is 18.3. The summed E-state index contributed by atoms with van der Waals surface area (Å²) in [5.41, 5.74) is 1.62. The summed E-state index contributed by atoms with van der Waals surface area (Å²) >= 11 is 0. The van der Waals surface area contributed by atoms with E-state index >= 15 is 0 Å². The lowest BCUT2D eigenvalue weighted by molar-refractivity contribution is 0.0783. The molecule has 30 heavy (non-hydrogen) atoms. The van der Waals surface area contributed by atoms with Gasteiger partial charge in [-0.15, -0.1) is 0 Å². The molecule has 1 heterocycles. The number of benzene rings is 2. The van der Waals surface area contributed by atoms with Gasteiger partial charge in [0.2, 0.25) is 0 Å². The Balaban J connectivity index is 1.51. The van der Waals surface area contributed by atoms with Gasteiger partial charge in [0.05, 0.1) is 0 Å². The normalized spacial score (nSPS) is 15.3. The Morgan fingerprint density at radius 1 is 1.07 bits per heavy atom. The number of rotatable bonds is 8. The van der Waals surface area contributed by atoms with Crippen LogP contribution in [0.3, 0.4) is 0 Å². The predicted octanol–water partition coefficient (Wildman–Crippen LogP) is 3.07. The second kappa shape index (κ2) is 10.5. The molecule has 0 radical (unpaired) electrons. The molecule has 1 amide bonds. The second-order valence-electron chi connectivity index (χ2n) is 8.28. The molecule has 162 valence electrons. The molecule has 1 N–H and O–H groups in total. The van der Waals surface area contributed by atoms with Crippen molar-refractivity contribution in [1.82, 2.24) is 14.7 Å². The van der Waals surface area contributed by atoms with Crippen LogP contribution in [0.5, 0.6) is 11.5 Å². The lowest BCUT2D eigenvalue weighted by Crippen LogP contribution is -2.37. The first kappa shape index (κ1) is 22.1. The van der Waals surface area contributed by atoms with E-state index < -0.39 is 0 Å². The third kappa shape index (κ3) is 6.21. The summed E-state index contributed by atoms with van der Waals surface area (Å²) in [6.45, 7) is 4.11. The first-order chi connectivity index (χ1) is 14.4. The molecule has 0 spiro atoms. The number of hydrogen-bond donors (Lipinski definition) is 1. The standard InChI is InChI=1S/C24H33N3O3/c1-25(2)15-16-26(3)24(29)19-8-6-9-22(17-19)30-21-11-13-27(14-12-21)18-20-7-4-5-10-23(20)28/h4-10,17,21,28H,11-16,18H2,1-3H3. The highest BCUT2D eigenvalue weighted by Gasteiger charge is 2.22. The third-order valence-electron chi connectivity index (χ3n) is 5.53. The van der Waals surface area contributed by atoms with Crippen molar-refractivity contribution in [2.75, 3.05) is 47.3 Å². The number of carbonyl (C=O) groups excluding carboxylic acids is 1. The molecule has 0 atom stereocenters. The van der Waals surface area contributed by atoms with Crippen LogP contribution in [0.2, 0.25) is 0 Å². The van der Waals surface area contributed by atoms with Crippen LogP contribution in [0.15, 0.2) is 48.5 Å². The van der Waals surface area contributed by atoms with E-state index in [1.54, 1.807) is 11.0 Å². The topological polar surface area (TPSA) is 56.2 Å².